The maximum absolute atomic E-state index is 12.2. The molecule has 1 saturated heterocycles. The van der Waals surface area contributed by atoms with Gasteiger partial charge >= 0.3 is 0 Å². The Labute approximate surface area is 138 Å². The summed E-state index contributed by atoms with van der Waals surface area (Å²) >= 11 is 1.50. The van der Waals surface area contributed by atoms with E-state index in [-0.39, 0.29) is 17.5 Å². The number of nitrogens with one attached hydrogen (secondary N) is 2. The van der Waals surface area contributed by atoms with Gasteiger partial charge in [0.25, 0.3) is 11.5 Å². The molecular formula is C16H20N4O2S. The van der Waals surface area contributed by atoms with Crippen molar-refractivity contribution in [2.24, 2.45) is 0 Å². The highest BCUT2D eigenvalue weighted by molar-refractivity contribution is 7.13. The molecule has 7 heteroatoms. The van der Waals surface area contributed by atoms with Crippen LogP contribution in [0, 0.1) is 6.92 Å². The fourth-order valence-corrected chi connectivity index (χ4v) is 3.65. The van der Waals surface area contributed by atoms with Gasteiger partial charge in [0, 0.05) is 30.1 Å². The highest BCUT2D eigenvalue weighted by atomic mass is 32.1. The van der Waals surface area contributed by atoms with Crippen LogP contribution in [0.2, 0.25) is 0 Å². The van der Waals surface area contributed by atoms with E-state index in [2.05, 4.69) is 20.4 Å². The lowest BCUT2D eigenvalue weighted by Gasteiger charge is -2.36. The highest BCUT2D eigenvalue weighted by Crippen LogP contribution is 2.22. The zero-order chi connectivity index (χ0) is 16.2. The summed E-state index contributed by atoms with van der Waals surface area (Å²) in [5.41, 5.74) is -0.205. The number of H-pyrrole nitrogens is 1. The smallest absolute Gasteiger partial charge is 0.264 e. The third-order valence-electron chi connectivity index (χ3n) is 4.05. The average molecular weight is 332 g/mol. The number of hydrogen-bond donors (Lipinski definition) is 2. The molecule has 3 heterocycles. The van der Waals surface area contributed by atoms with E-state index >= 15 is 0 Å². The average Bonchev–Trinajstić information content (AvgIpc) is 3.00. The molecule has 0 spiro atoms. The van der Waals surface area contributed by atoms with Gasteiger partial charge in [-0.2, -0.15) is 5.10 Å². The van der Waals surface area contributed by atoms with Crippen LogP contribution in [0.3, 0.4) is 0 Å². The summed E-state index contributed by atoms with van der Waals surface area (Å²) in [5.74, 6) is 0.735. The normalized spacial score (nSPS) is 18.0. The lowest BCUT2D eigenvalue weighted by atomic mass is 10.0. The van der Waals surface area contributed by atoms with Gasteiger partial charge in [-0.25, -0.2) is 5.10 Å². The molecule has 0 saturated carbocycles. The number of aromatic amines is 1. The number of piperidine rings is 1. The fraction of sp³-hybridized carbons (Fsp3) is 0.438. The first kappa shape index (κ1) is 15.7. The Balaban J connectivity index is 1.66. The third kappa shape index (κ3) is 3.79. The van der Waals surface area contributed by atoms with Crippen molar-refractivity contribution in [2.45, 2.75) is 32.2 Å². The molecule has 0 bridgehead atoms. The van der Waals surface area contributed by atoms with Crippen LogP contribution in [0.1, 0.15) is 33.8 Å². The predicted molar refractivity (Wildman–Crippen MR) is 91.2 cm³/mol. The molecule has 0 aromatic carbocycles. The van der Waals surface area contributed by atoms with Crippen LogP contribution < -0.4 is 15.8 Å². The largest absolute Gasteiger partial charge is 0.350 e. The van der Waals surface area contributed by atoms with Crippen LogP contribution in [0.4, 0.5) is 5.82 Å². The Morgan fingerprint density at radius 1 is 1.39 bits per heavy atom. The molecule has 1 amide bonds. The van der Waals surface area contributed by atoms with E-state index in [9.17, 15) is 9.59 Å². The van der Waals surface area contributed by atoms with Gasteiger partial charge in [-0.3, -0.25) is 9.59 Å². The molecule has 122 valence electrons. The number of carbonyl (C=O) groups is 1. The van der Waals surface area contributed by atoms with E-state index < -0.39 is 0 Å². The maximum Gasteiger partial charge on any atom is 0.264 e. The second-order valence-electron chi connectivity index (χ2n) is 5.74. The van der Waals surface area contributed by atoms with Crippen LogP contribution in [0.15, 0.2) is 29.1 Å². The molecule has 6 nitrogen and oxygen atoms in total. The van der Waals surface area contributed by atoms with Crippen LogP contribution in [0.25, 0.3) is 0 Å². The highest BCUT2D eigenvalue weighted by Gasteiger charge is 2.24. The summed E-state index contributed by atoms with van der Waals surface area (Å²) in [6, 6.07) is 7.24. The van der Waals surface area contributed by atoms with E-state index in [0.29, 0.717) is 6.54 Å². The van der Waals surface area contributed by atoms with Gasteiger partial charge < -0.3 is 10.2 Å². The van der Waals surface area contributed by atoms with Crippen LogP contribution in [-0.2, 0) is 0 Å². The van der Waals surface area contributed by atoms with Gasteiger partial charge in [0.15, 0.2) is 0 Å². The Morgan fingerprint density at radius 3 is 2.96 bits per heavy atom. The monoisotopic (exact) mass is 332 g/mol. The molecule has 0 radical (unpaired) electrons. The second kappa shape index (κ2) is 6.95. The minimum absolute atomic E-state index is 0.0250. The van der Waals surface area contributed by atoms with Gasteiger partial charge in [-0.1, -0.05) is 0 Å². The summed E-state index contributed by atoms with van der Waals surface area (Å²) in [7, 11) is 0. The lowest BCUT2D eigenvalue weighted by molar-refractivity contribution is 0.0953. The van der Waals surface area contributed by atoms with Crippen molar-refractivity contribution in [3.8, 4) is 0 Å². The van der Waals surface area contributed by atoms with Gasteiger partial charge in [-0.05, 0) is 44.4 Å². The van der Waals surface area contributed by atoms with Crippen molar-refractivity contribution in [1.29, 1.82) is 0 Å². The number of anilines is 1. The molecule has 0 aliphatic carbocycles. The van der Waals surface area contributed by atoms with Crippen molar-refractivity contribution in [1.82, 2.24) is 15.5 Å². The van der Waals surface area contributed by atoms with Crippen LogP contribution >= 0.6 is 11.3 Å². The topological polar surface area (TPSA) is 78.1 Å². The summed E-state index contributed by atoms with van der Waals surface area (Å²) < 4.78 is 0. The summed E-state index contributed by atoms with van der Waals surface area (Å²) in [6.07, 6.45) is 3.23. The number of aryl methyl sites for hydroxylation is 1. The minimum atomic E-state index is -0.205. The molecule has 1 aliphatic heterocycles. The lowest BCUT2D eigenvalue weighted by Crippen LogP contribution is -2.47. The molecular weight excluding hydrogens is 312 g/mol. The predicted octanol–water partition coefficient (Wildman–Crippen LogP) is 1.93. The van der Waals surface area contributed by atoms with Crippen molar-refractivity contribution >= 4 is 23.1 Å². The first-order valence-corrected chi connectivity index (χ1v) is 8.62. The standard InChI is InChI=1S/C16H20N4O2S/c1-11-5-6-13(23-11)16(22)17-10-12-4-2-3-9-20(12)14-7-8-15(21)19-18-14/h5-8,12H,2-4,9-10H2,1H3,(H,17,22)(H,19,21). The Bertz CT molecular complexity index is 719. The van der Waals surface area contributed by atoms with Crippen molar-refractivity contribution in [2.75, 3.05) is 18.0 Å². The number of rotatable bonds is 4. The number of nitrogens with zero attached hydrogens (tertiary/aromatic N) is 2. The Hall–Kier alpha value is -2.15. The quantitative estimate of drug-likeness (QED) is 0.897. The molecule has 1 fully saturated rings. The van der Waals surface area contributed by atoms with Gasteiger partial charge in [0.05, 0.1) is 4.88 Å². The van der Waals surface area contributed by atoms with E-state index in [1.54, 1.807) is 6.07 Å². The Kier molecular flexibility index (Phi) is 4.76. The summed E-state index contributed by atoms with van der Waals surface area (Å²) in [5, 5.41) is 9.62. The van der Waals surface area contributed by atoms with Gasteiger partial charge in [-0.15, -0.1) is 11.3 Å². The van der Waals surface area contributed by atoms with E-state index in [1.807, 2.05) is 19.1 Å². The van der Waals surface area contributed by atoms with Crippen molar-refractivity contribution in [3.63, 3.8) is 0 Å². The molecule has 23 heavy (non-hydrogen) atoms. The molecule has 1 aliphatic rings. The van der Waals surface area contributed by atoms with Crippen molar-refractivity contribution < 1.29 is 4.79 Å². The zero-order valence-corrected chi connectivity index (χ0v) is 13.9. The van der Waals surface area contributed by atoms with E-state index in [4.69, 9.17) is 0 Å². The molecule has 1 atom stereocenters. The summed E-state index contributed by atoms with van der Waals surface area (Å²) in [6.45, 7) is 3.46. The van der Waals surface area contributed by atoms with Gasteiger partial charge in [0.2, 0.25) is 0 Å². The van der Waals surface area contributed by atoms with Crippen LogP contribution in [0.5, 0.6) is 0 Å². The second-order valence-corrected chi connectivity index (χ2v) is 7.03. The third-order valence-corrected chi connectivity index (χ3v) is 5.05. The number of aromatic nitrogens is 2. The number of carbonyl (C=O) groups excluding carboxylic acids is 1. The molecule has 3 rings (SSSR count). The van der Waals surface area contributed by atoms with Crippen LogP contribution in [-0.4, -0.2) is 35.2 Å². The van der Waals surface area contributed by atoms with Crippen molar-refractivity contribution in [3.05, 3.63) is 44.4 Å². The first-order chi connectivity index (χ1) is 11.1. The first-order valence-electron chi connectivity index (χ1n) is 7.80. The number of thiophene rings is 1. The molecule has 2 aromatic heterocycles. The zero-order valence-electron chi connectivity index (χ0n) is 13.0. The van der Waals surface area contributed by atoms with E-state index in [1.165, 1.54) is 17.4 Å². The number of amides is 1. The maximum atomic E-state index is 12.2. The molecule has 2 aromatic rings. The number of hydrogen-bond acceptors (Lipinski definition) is 5. The van der Waals surface area contributed by atoms with Gasteiger partial charge in [0.1, 0.15) is 5.82 Å². The molecule has 2 N–H and O–H groups in total. The minimum Gasteiger partial charge on any atom is -0.350 e. The molecule has 1 unspecified atom stereocenters. The fourth-order valence-electron chi connectivity index (χ4n) is 2.87. The summed E-state index contributed by atoms with van der Waals surface area (Å²) in [4.78, 5) is 27.4. The Morgan fingerprint density at radius 2 is 2.26 bits per heavy atom. The van der Waals surface area contributed by atoms with E-state index in [0.717, 1.165) is 41.4 Å². The SMILES string of the molecule is Cc1ccc(C(=O)NCC2CCCCN2c2ccc(=O)[nH]n2)s1.